The SMILES string of the molecule is C=CC[C@H]1CCC[C@@]1(NC(=O)[C@H](C)CC(=O)OCc1ccccc1)C(=O)O[C@H](C)c1ccccc1. The number of nitrogens with one attached hydrogen (secondary N) is 1. The third-order valence-corrected chi connectivity index (χ3v) is 6.70. The van der Waals surface area contributed by atoms with Gasteiger partial charge in [0.25, 0.3) is 0 Å². The van der Waals surface area contributed by atoms with Crippen molar-refractivity contribution in [2.75, 3.05) is 0 Å². The molecule has 3 rings (SSSR count). The van der Waals surface area contributed by atoms with Crippen molar-refractivity contribution in [3.8, 4) is 0 Å². The van der Waals surface area contributed by atoms with Crippen LogP contribution in [0, 0.1) is 11.8 Å². The van der Waals surface area contributed by atoms with E-state index in [0.29, 0.717) is 12.8 Å². The minimum atomic E-state index is -1.14. The molecule has 1 N–H and O–H groups in total. The second-order valence-corrected chi connectivity index (χ2v) is 9.28. The van der Waals surface area contributed by atoms with E-state index in [1.807, 2.05) is 67.6 Å². The Hall–Kier alpha value is -3.41. The largest absolute Gasteiger partial charge is 0.461 e. The maximum atomic E-state index is 13.5. The van der Waals surface area contributed by atoms with Gasteiger partial charge in [-0.15, -0.1) is 6.58 Å². The van der Waals surface area contributed by atoms with Crippen molar-refractivity contribution in [1.82, 2.24) is 5.32 Å². The third-order valence-electron chi connectivity index (χ3n) is 6.70. The number of esters is 2. The van der Waals surface area contributed by atoms with Crippen molar-refractivity contribution < 1.29 is 23.9 Å². The van der Waals surface area contributed by atoms with Gasteiger partial charge in [0.15, 0.2) is 0 Å². The number of rotatable bonds is 11. The molecule has 1 amide bonds. The van der Waals surface area contributed by atoms with Crippen molar-refractivity contribution >= 4 is 17.8 Å². The monoisotopic (exact) mass is 477 g/mol. The summed E-state index contributed by atoms with van der Waals surface area (Å²) in [7, 11) is 0. The summed E-state index contributed by atoms with van der Waals surface area (Å²) in [6, 6.07) is 18.9. The molecule has 0 spiro atoms. The smallest absolute Gasteiger partial charge is 0.332 e. The molecule has 1 saturated carbocycles. The zero-order valence-corrected chi connectivity index (χ0v) is 20.6. The van der Waals surface area contributed by atoms with Crippen LogP contribution in [-0.2, 0) is 30.5 Å². The number of carbonyl (C=O) groups is 3. The summed E-state index contributed by atoms with van der Waals surface area (Å²) in [6.45, 7) is 7.48. The number of carbonyl (C=O) groups excluding carboxylic acids is 3. The first kappa shape index (κ1) is 26.2. The van der Waals surface area contributed by atoms with Crippen molar-refractivity contribution in [1.29, 1.82) is 0 Å². The van der Waals surface area contributed by atoms with Crippen LogP contribution in [0.4, 0.5) is 0 Å². The molecule has 0 aromatic heterocycles. The van der Waals surface area contributed by atoms with Crippen LogP contribution in [0.2, 0.25) is 0 Å². The van der Waals surface area contributed by atoms with Gasteiger partial charge in [-0.05, 0) is 43.2 Å². The minimum Gasteiger partial charge on any atom is -0.461 e. The number of amides is 1. The van der Waals surface area contributed by atoms with E-state index < -0.39 is 29.5 Å². The maximum absolute atomic E-state index is 13.5. The molecule has 0 radical (unpaired) electrons. The molecule has 0 bridgehead atoms. The summed E-state index contributed by atoms with van der Waals surface area (Å²) in [5, 5.41) is 2.99. The number of ether oxygens (including phenoxy) is 2. The second kappa shape index (κ2) is 12.3. The zero-order valence-electron chi connectivity index (χ0n) is 20.6. The lowest BCUT2D eigenvalue weighted by molar-refractivity contribution is -0.161. The van der Waals surface area contributed by atoms with Crippen molar-refractivity contribution in [2.24, 2.45) is 11.8 Å². The molecule has 6 nitrogen and oxygen atoms in total. The van der Waals surface area contributed by atoms with E-state index in [9.17, 15) is 14.4 Å². The molecule has 1 aliphatic carbocycles. The highest BCUT2D eigenvalue weighted by Crippen LogP contribution is 2.40. The molecule has 4 atom stereocenters. The first-order chi connectivity index (χ1) is 16.9. The molecule has 35 heavy (non-hydrogen) atoms. The molecule has 0 aliphatic heterocycles. The van der Waals surface area contributed by atoms with Gasteiger partial charge in [0, 0.05) is 5.92 Å². The van der Waals surface area contributed by atoms with E-state index in [2.05, 4.69) is 11.9 Å². The molecule has 1 fully saturated rings. The fourth-order valence-electron chi connectivity index (χ4n) is 4.62. The molecule has 1 aliphatic rings. The lowest BCUT2D eigenvalue weighted by atomic mass is 9.83. The van der Waals surface area contributed by atoms with E-state index in [0.717, 1.165) is 24.0 Å². The summed E-state index contributed by atoms with van der Waals surface area (Å²) < 4.78 is 11.2. The average molecular weight is 478 g/mol. The van der Waals surface area contributed by atoms with Gasteiger partial charge >= 0.3 is 11.9 Å². The van der Waals surface area contributed by atoms with Crippen LogP contribution in [0.15, 0.2) is 73.3 Å². The molecular formula is C29H35NO5. The molecule has 6 heteroatoms. The number of hydrogen-bond donors (Lipinski definition) is 1. The Morgan fingerprint density at radius 1 is 1.09 bits per heavy atom. The Kier molecular flexibility index (Phi) is 9.24. The summed E-state index contributed by atoms with van der Waals surface area (Å²) in [5.74, 6) is -2.02. The zero-order chi connectivity index (χ0) is 25.3. The first-order valence-electron chi connectivity index (χ1n) is 12.2. The Morgan fingerprint density at radius 2 is 1.74 bits per heavy atom. The summed E-state index contributed by atoms with van der Waals surface area (Å²) in [6.07, 6.45) is 3.90. The molecule has 186 valence electrons. The van der Waals surface area contributed by atoms with Gasteiger partial charge in [-0.2, -0.15) is 0 Å². The molecule has 2 aromatic carbocycles. The minimum absolute atomic E-state index is 0.0731. The topological polar surface area (TPSA) is 81.7 Å². The average Bonchev–Trinajstić information content (AvgIpc) is 3.27. The Labute approximate surface area is 207 Å². The van der Waals surface area contributed by atoms with E-state index in [-0.39, 0.29) is 24.9 Å². The van der Waals surface area contributed by atoms with Crippen LogP contribution in [-0.4, -0.2) is 23.4 Å². The first-order valence-corrected chi connectivity index (χ1v) is 12.2. The van der Waals surface area contributed by atoms with E-state index in [1.54, 1.807) is 13.0 Å². The number of allylic oxidation sites excluding steroid dienone is 1. The normalized spacial score (nSPS) is 20.9. The Morgan fingerprint density at radius 3 is 2.40 bits per heavy atom. The summed E-state index contributed by atoms with van der Waals surface area (Å²) in [4.78, 5) is 39.0. The fourth-order valence-corrected chi connectivity index (χ4v) is 4.62. The van der Waals surface area contributed by atoms with Gasteiger partial charge in [0.1, 0.15) is 18.2 Å². The van der Waals surface area contributed by atoms with E-state index in [1.165, 1.54) is 0 Å². The second-order valence-electron chi connectivity index (χ2n) is 9.28. The van der Waals surface area contributed by atoms with Crippen LogP contribution in [0.3, 0.4) is 0 Å². The lowest BCUT2D eigenvalue weighted by Crippen LogP contribution is -2.58. The van der Waals surface area contributed by atoms with Crippen LogP contribution >= 0.6 is 0 Å². The Bertz CT molecular complexity index is 1010. The van der Waals surface area contributed by atoms with Crippen molar-refractivity contribution in [3.05, 3.63) is 84.4 Å². The van der Waals surface area contributed by atoms with Crippen LogP contribution in [0.1, 0.15) is 63.2 Å². The van der Waals surface area contributed by atoms with Gasteiger partial charge in [0.2, 0.25) is 5.91 Å². The number of benzene rings is 2. The highest BCUT2D eigenvalue weighted by Gasteiger charge is 2.51. The number of hydrogen-bond acceptors (Lipinski definition) is 5. The molecule has 0 unspecified atom stereocenters. The highest BCUT2D eigenvalue weighted by molar-refractivity contribution is 5.91. The van der Waals surface area contributed by atoms with E-state index >= 15 is 0 Å². The molecule has 2 aromatic rings. The van der Waals surface area contributed by atoms with Gasteiger partial charge < -0.3 is 14.8 Å². The van der Waals surface area contributed by atoms with Crippen molar-refractivity contribution in [3.63, 3.8) is 0 Å². The van der Waals surface area contributed by atoms with Crippen LogP contribution < -0.4 is 5.32 Å². The molecule has 0 heterocycles. The summed E-state index contributed by atoms with van der Waals surface area (Å²) >= 11 is 0. The van der Waals surface area contributed by atoms with Gasteiger partial charge in [-0.25, -0.2) is 4.79 Å². The fraction of sp³-hybridized carbons (Fsp3) is 0.414. The van der Waals surface area contributed by atoms with Crippen LogP contribution in [0.5, 0.6) is 0 Å². The predicted octanol–water partition coefficient (Wildman–Crippen LogP) is 5.29. The van der Waals surface area contributed by atoms with Gasteiger partial charge in [-0.1, -0.05) is 80.1 Å². The van der Waals surface area contributed by atoms with Crippen molar-refractivity contribution in [2.45, 2.75) is 64.2 Å². The third kappa shape index (κ3) is 6.81. The van der Waals surface area contributed by atoms with Gasteiger partial charge in [0.05, 0.1) is 6.42 Å². The van der Waals surface area contributed by atoms with E-state index in [4.69, 9.17) is 9.47 Å². The predicted molar refractivity (Wildman–Crippen MR) is 134 cm³/mol. The van der Waals surface area contributed by atoms with Crippen LogP contribution in [0.25, 0.3) is 0 Å². The molecular weight excluding hydrogens is 442 g/mol. The van der Waals surface area contributed by atoms with Gasteiger partial charge in [-0.3, -0.25) is 9.59 Å². The standard InChI is InChI=1S/C29H35NO5/c1-4-12-25-17-11-18-29(25,28(33)35-22(3)24-15-9-6-10-16-24)30-27(32)21(2)19-26(31)34-20-23-13-7-5-8-14-23/h4-10,13-16,21-22,25H,1,11-12,17-20H2,2-3H3,(H,30,32)/t21-,22-,25+,29+/m1/s1. The quantitative estimate of drug-likeness (QED) is 0.351. The molecule has 0 saturated heterocycles. The lowest BCUT2D eigenvalue weighted by Gasteiger charge is -2.35. The maximum Gasteiger partial charge on any atom is 0.332 e. The highest BCUT2D eigenvalue weighted by atomic mass is 16.5. The summed E-state index contributed by atoms with van der Waals surface area (Å²) in [5.41, 5.74) is 0.622. The Balaban J connectivity index is 1.66.